The highest BCUT2D eigenvalue weighted by molar-refractivity contribution is 9.10. The summed E-state index contributed by atoms with van der Waals surface area (Å²) in [6.45, 7) is 1.94. The van der Waals surface area contributed by atoms with Gasteiger partial charge in [0.25, 0.3) is 0 Å². The summed E-state index contributed by atoms with van der Waals surface area (Å²) in [5.74, 6) is 0.0390. The predicted molar refractivity (Wildman–Crippen MR) is 69.8 cm³/mol. The number of ether oxygens (including phenoxy) is 1. The van der Waals surface area contributed by atoms with E-state index in [4.69, 9.17) is 0 Å². The van der Waals surface area contributed by atoms with Crippen LogP contribution in [0, 0.1) is 0 Å². The number of hydrogen-bond acceptors (Lipinski definition) is 3. The topological polar surface area (TPSA) is 55.4 Å². The summed E-state index contributed by atoms with van der Waals surface area (Å²) in [5, 5.41) is 2.52. The van der Waals surface area contributed by atoms with Crippen LogP contribution in [0.5, 0.6) is 0 Å². The van der Waals surface area contributed by atoms with Crippen molar-refractivity contribution in [1.82, 2.24) is 0 Å². The molecule has 0 radical (unpaired) electrons. The molecule has 0 aromatic heterocycles. The molecule has 1 aromatic rings. The highest BCUT2D eigenvalue weighted by Gasteiger charge is 2.14. The number of halogens is 1. The van der Waals surface area contributed by atoms with Crippen molar-refractivity contribution in [1.29, 1.82) is 0 Å². The first-order valence-electron chi connectivity index (χ1n) is 5.21. The SMILES string of the molecule is CCC(Br)C(=O)c1ccc(NC(=O)OC)cc1. The van der Waals surface area contributed by atoms with Gasteiger partial charge in [0.2, 0.25) is 0 Å². The summed E-state index contributed by atoms with van der Waals surface area (Å²) in [7, 11) is 1.30. The zero-order valence-corrected chi connectivity index (χ0v) is 11.3. The zero-order chi connectivity index (χ0) is 12.8. The molecule has 0 heterocycles. The van der Waals surface area contributed by atoms with Crippen LogP contribution in [0.15, 0.2) is 24.3 Å². The van der Waals surface area contributed by atoms with E-state index in [0.717, 1.165) is 6.42 Å². The molecule has 17 heavy (non-hydrogen) atoms. The molecule has 1 N–H and O–H groups in total. The Morgan fingerprint density at radius 3 is 2.41 bits per heavy atom. The lowest BCUT2D eigenvalue weighted by Crippen LogP contribution is -2.14. The van der Waals surface area contributed by atoms with Gasteiger partial charge in [0.15, 0.2) is 5.78 Å². The lowest BCUT2D eigenvalue weighted by Gasteiger charge is -2.07. The van der Waals surface area contributed by atoms with Crippen LogP contribution in [-0.2, 0) is 4.74 Å². The van der Waals surface area contributed by atoms with Crippen molar-refractivity contribution in [2.24, 2.45) is 0 Å². The lowest BCUT2D eigenvalue weighted by atomic mass is 10.1. The van der Waals surface area contributed by atoms with Crippen LogP contribution < -0.4 is 5.32 Å². The minimum atomic E-state index is -0.531. The Labute approximate surface area is 108 Å². The van der Waals surface area contributed by atoms with Gasteiger partial charge in [-0.05, 0) is 30.7 Å². The van der Waals surface area contributed by atoms with Crippen molar-refractivity contribution >= 4 is 33.5 Å². The maximum Gasteiger partial charge on any atom is 0.411 e. The van der Waals surface area contributed by atoms with Crippen molar-refractivity contribution in [3.8, 4) is 0 Å². The Kier molecular flexibility index (Phi) is 5.15. The fraction of sp³-hybridized carbons (Fsp3) is 0.333. The zero-order valence-electron chi connectivity index (χ0n) is 9.70. The molecule has 1 rings (SSSR count). The van der Waals surface area contributed by atoms with Gasteiger partial charge >= 0.3 is 6.09 Å². The van der Waals surface area contributed by atoms with E-state index in [1.807, 2.05) is 6.92 Å². The van der Waals surface area contributed by atoms with Crippen LogP contribution in [0.4, 0.5) is 10.5 Å². The lowest BCUT2D eigenvalue weighted by molar-refractivity contribution is 0.0990. The van der Waals surface area contributed by atoms with Gasteiger partial charge < -0.3 is 4.74 Å². The summed E-state index contributed by atoms with van der Waals surface area (Å²) in [5.41, 5.74) is 1.21. The van der Waals surface area contributed by atoms with Gasteiger partial charge in [-0.1, -0.05) is 22.9 Å². The van der Waals surface area contributed by atoms with Gasteiger partial charge in [-0.25, -0.2) is 4.79 Å². The summed E-state index contributed by atoms with van der Waals surface area (Å²) in [6, 6.07) is 6.69. The van der Waals surface area contributed by atoms with E-state index in [1.54, 1.807) is 24.3 Å². The van der Waals surface area contributed by atoms with Gasteiger partial charge in [0.05, 0.1) is 11.9 Å². The number of carbonyl (C=O) groups excluding carboxylic acids is 2. The molecule has 4 nitrogen and oxygen atoms in total. The minimum Gasteiger partial charge on any atom is -0.453 e. The molecule has 0 spiro atoms. The summed E-state index contributed by atoms with van der Waals surface area (Å²) >= 11 is 3.31. The number of amides is 1. The van der Waals surface area contributed by atoms with Gasteiger partial charge in [0.1, 0.15) is 0 Å². The summed E-state index contributed by atoms with van der Waals surface area (Å²) < 4.78 is 4.46. The van der Waals surface area contributed by atoms with E-state index < -0.39 is 6.09 Å². The van der Waals surface area contributed by atoms with Gasteiger partial charge in [0, 0.05) is 11.3 Å². The molecular weight excluding hydrogens is 286 g/mol. The van der Waals surface area contributed by atoms with E-state index in [0.29, 0.717) is 11.3 Å². The number of ketones is 1. The van der Waals surface area contributed by atoms with Crippen LogP contribution >= 0.6 is 15.9 Å². The quantitative estimate of drug-likeness (QED) is 0.686. The molecule has 0 aliphatic heterocycles. The number of rotatable bonds is 4. The maximum absolute atomic E-state index is 11.8. The molecule has 0 aliphatic rings. The molecule has 0 aliphatic carbocycles. The highest BCUT2D eigenvalue weighted by atomic mass is 79.9. The molecule has 0 fully saturated rings. The average Bonchev–Trinajstić information content (AvgIpc) is 2.37. The molecule has 1 aromatic carbocycles. The number of alkyl halides is 1. The fourth-order valence-corrected chi connectivity index (χ4v) is 1.52. The molecular formula is C12H14BrNO3. The van der Waals surface area contributed by atoms with Crippen LogP contribution in [-0.4, -0.2) is 23.8 Å². The van der Waals surface area contributed by atoms with Crippen molar-refractivity contribution < 1.29 is 14.3 Å². The van der Waals surface area contributed by atoms with Crippen molar-refractivity contribution in [2.45, 2.75) is 18.2 Å². The number of anilines is 1. The third-order valence-electron chi connectivity index (χ3n) is 2.24. The van der Waals surface area contributed by atoms with E-state index >= 15 is 0 Å². The van der Waals surface area contributed by atoms with Crippen molar-refractivity contribution in [3.63, 3.8) is 0 Å². The highest BCUT2D eigenvalue weighted by Crippen LogP contribution is 2.16. The van der Waals surface area contributed by atoms with Gasteiger partial charge in [-0.3, -0.25) is 10.1 Å². The number of benzene rings is 1. The predicted octanol–water partition coefficient (Wildman–Crippen LogP) is 3.22. The van der Waals surface area contributed by atoms with Crippen molar-refractivity contribution in [3.05, 3.63) is 29.8 Å². The monoisotopic (exact) mass is 299 g/mol. The molecule has 5 heteroatoms. The Hall–Kier alpha value is -1.36. The van der Waals surface area contributed by atoms with E-state index in [-0.39, 0.29) is 10.6 Å². The molecule has 0 saturated carbocycles. The van der Waals surface area contributed by atoms with Gasteiger partial charge in [-0.2, -0.15) is 0 Å². The Morgan fingerprint density at radius 1 is 1.35 bits per heavy atom. The first kappa shape index (κ1) is 13.7. The largest absolute Gasteiger partial charge is 0.453 e. The second-order valence-electron chi connectivity index (χ2n) is 3.43. The van der Waals surface area contributed by atoms with Gasteiger partial charge in [-0.15, -0.1) is 0 Å². The molecule has 1 unspecified atom stereocenters. The first-order chi connectivity index (χ1) is 8.08. The Balaban J connectivity index is 2.74. The number of carbonyl (C=O) groups is 2. The Bertz CT molecular complexity index is 403. The van der Waals surface area contributed by atoms with E-state index in [9.17, 15) is 9.59 Å². The molecule has 92 valence electrons. The molecule has 1 amide bonds. The third-order valence-corrected chi connectivity index (χ3v) is 3.31. The number of methoxy groups -OCH3 is 1. The molecule has 0 saturated heterocycles. The number of nitrogens with one attached hydrogen (secondary N) is 1. The molecule has 0 bridgehead atoms. The second-order valence-corrected chi connectivity index (χ2v) is 4.54. The van der Waals surface area contributed by atoms with Crippen LogP contribution in [0.3, 0.4) is 0 Å². The average molecular weight is 300 g/mol. The van der Waals surface area contributed by atoms with E-state index in [2.05, 4.69) is 26.0 Å². The second kappa shape index (κ2) is 6.39. The standard InChI is InChI=1S/C12H14BrNO3/c1-3-10(13)11(15)8-4-6-9(7-5-8)14-12(16)17-2/h4-7,10H,3H2,1-2H3,(H,14,16). The molecule has 1 atom stereocenters. The van der Waals surface area contributed by atoms with Crippen LogP contribution in [0.2, 0.25) is 0 Å². The third kappa shape index (κ3) is 3.85. The summed E-state index contributed by atoms with van der Waals surface area (Å²) in [4.78, 5) is 22.6. The van der Waals surface area contributed by atoms with E-state index in [1.165, 1.54) is 7.11 Å². The van der Waals surface area contributed by atoms with Crippen LogP contribution in [0.25, 0.3) is 0 Å². The normalized spacial score (nSPS) is 11.7. The van der Waals surface area contributed by atoms with Crippen molar-refractivity contribution in [2.75, 3.05) is 12.4 Å². The maximum atomic E-state index is 11.8. The Morgan fingerprint density at radius 2 is 1.94 bits per heavy atom. The summed E-state index contributed by atoms with van der Waals surface area (Å²) in [6.07, 6.45) is 0.206. The number of Topliss-reactive ketones (excluding diaryl/α,β-unsaturated/α-hetero) is 1. The van der Waals surface area contributed by atoms with Crippen LogP contribution in [0.1, 0.15) is 23.7 Å². The number of hydrogen-bond donors (Lipinski definition) is 1. The smallest absolute Gasteiger partial charge is 0.411 e. The first-order valence-corrected chi connectivity index (χ1v) is 6.13. The minimum absolute atomic E-state index is 0.0390. The fourth-order valence-electron chi connectivity index (χ4n) is 1.25.